The van der Waals surface area contributed by atoms with Crippen molar-refractivity contribution in [3.8, 4) is 11.5 Å². The minimum absolute atomic E-state index is 0.334. The molecule has 0 heterocycles. The van der Waals surface area contributed by atoms with Crippen LogP contribution in [0.25, 0.3) is 0 Å². The number of carbonyl (C=O) groups excluding carboxylic acids is 1. The largest absolute Gasteiger partial charge is 0.456 e. The molecule has 0 radical (unpaired) electrons. The smallest absolute Gasteiger partial charge is 0.253 e. The van der Waals surface area contributed by atoms with Gasteiger partial charge in [-0.25, -0.2) is 0 Å². The van der Waals surface area contributed by atoms with E-state index < -0.39 is 5.91 Å². The SMILES string of the molecule is NC(=O)c1c(Br)cccc1Oc1ccc(Br)cc1. The standard InChI is InChI=1S/C13H9Br2NO2/c14-8-4-6-9(7-5-8)18-11-3-1-2-10(15)12(11)13(16)17/h1-7H,(H2,16,17). The van der Waals surface area contributed by atoms with E-state index in [0.717, 1.165) is 4.47 Å². The van der Waals surface area contributed by atoms with Crippen molar-refractivity contribution in [1.29, 1.82) is 0 Å². The van der Waals surface area contributed by atoms with Crippen molar-refractivity contribution < 1.29 is 9.53 Å². The second-order valence-electron chi connectivity index (χ2n) is 3.53. The highest BCUT2D eigenvalue weighted by atomic mass is 79.9. The van der Waals surface area contributed by atoms with Crippen LogP contribution in [-0.2, 0) is 0 Å². The minimum Gasteiger partial charge on any atom is -0.456 e. The van der Waals surface area contributed by atoms with E-state index in [0.29, 0.717) is 21.5 Å². The van der Waals surface area contributed by atoms with Crippen LogP contribution in [-0.4, -0.2) is 5.91 Å². The average Bonchev–Trinajstić information content (AvgIpc) is 2.32. The minimum atomic E-state index is -0.533. The Labute approximate surface area is 121 Å². The van der Waals surface area contributed by atoms with E-state index in [1.165, 1.54) is 0 Å². The number of amides is 1. The number of nitrogens with two attached hydrogens (primary N) is 1. The highest BCUT2D eigenvalue weighted by Crippen LogP contribution is 2.30. The summed E-state index contributed by atoms with van der Waals surface area (Å²) in [7, 11) is 0. The van der Waals surface area contributed by atoms with Gasteiger partial charge in [0.15, 0.2) is 0 Å². The summed E-state index contributed by atoms with van der Waals surface area (Å²) < 4.78 is 7.23. The first-order valence-electron chi connectivity index (χ1n) is 5.09. The maximum atomic E-state index is 11.4. The van der Waals surface area contributed by atoms with E-state index in [9.17, 15) is 4.79 Å². The lowest BCUT2D eigenvalue weighted by molar-refractivity contribution is 0.0997. The van der Waals surface area contributed by atoms with Crippen LogP contribution >= 0.6 is 31.9 Å². The highest BCUT2D eigenvalue weighted by molar-refractivity contribution is 9.10. The van der Waals surface area contributed by atoms with Gasteiger partial charge in [0, 0.05) is 8.95 Å². The van der Waals surface area contributed by atoms with E-state index in [2.05, 4.69) is 31.9 Å². The van der Waals surface area contributed by atoms with Gasteiger partial charge in [-0.3, -0.25) is 4.79 Å². The summed E-state index contributed by atoms with van der Waals surface area (Å²) in [5.41, 5.74) is 5.67. The predicted molar refractivity (Wildman–Crippen MR) is 76.9 cm³/mol. The summed E-state index contributed by atoms with van der Waals surface area (Å²) in [5.74, 6) is 0.535. The van der Waals surface area contributed by atoms with E-state index in [-0.39, 0.29) is 0 Å². The molecular formula is C13H9Br2NO2. The Balaban J connectivity index is 2.37. The number of hydrogen-bond acceptors (Lipinski definition) is 2. The number of benzene rings is 2. The summed E-state index contributed by atoms with van der Waals surface area (Å²) >= 11 is 6.63. The molecule has 0 fully saturated rings. The average molecular weight is 371 g/mol. The fraction of sp³-hybridized carbons (Fsp3) is 0. The molecule has 0 aliphatic carbocycles. The number of carbonyl (C=O) groups is 1. The maximum absolute atomic E-state index is 11.4. The Hall–Kier alpha value is -1.33. The highest BCUT2D eigenvalue weighted by Gasteiger charge is 2.13. The van der Waals surface area contributed by atoms with Crippen molar-refractivity contribution in [3.63, 3.8) is 0 Å². The molecule has 2 aromatic carbocycles. The van der Waals surface area contributed by atoms with Gasteiger partial charge in [0.05, 0.1) is 5.56 Å². The third-order valence-electron chi connectivity index (χ3n) is 2.26. The molecular weight excluding hydrogens is 362 g/mol. The Kier molecular flexibility index (Phi) is 4.04. The van der Waals surface area contributed by atoms with Gasteiger partial charge in [0.2, 0.25) is 0 Å². The zero-order chi connectivity index (χ0) is 13.1. The second kappa shape index (κ2) is 5.54. The zero-order valence-electron chi connectivity index (χ0n) is 9.19. The number of rotatable bonds is 3. The summed E-state index contributed by atoms with van der Waals surface area (Å²) in [5, 5.41) is 0. The van der Waals surface area contributed by atoms with Crippen molar-refractivity contribution in [3.05, 3.63) is 57.0 Å². The molecule has 0 spiro atoms. The molecule has 1 amide bonds. The predicted octanol–water partition coefficient (Wildman–Crippen LogP) is 4.10. The van der Waals surface area contributed by atoms with Crippen LogP contribution in [0.15, 0.2) is 51.4 Å². The molecule has 0 atom stereocenters. The first kappa shape index (κ1) is 13.1. The van der Waals surface area contributed by atoms with Gasteiger partial charge in [0.1, 0.15) is 11.5 Å². The first-order valence-corrected chi connectivity index (χ1v) is 6.68. The first-order chi connectivity index (χ1) is 8.58. The molecule has 2 aromatic rings. The molecule has 0 aliphatic rings. The Morgan fingerprint density at radius 3 is 2.33 bits per heavy atom. The molecule has 92 valence electrons. The van der Waals surface area contributed by atoms with Crippen LogP contribution in [0.4, 0.5) is 0 Å². The Bertz CT molecular complexity index is 582. The molecule has 0 saturated carbocycles. The monoisotopic (exact) mass is 369 g/mol. The normalized spacial score (nSPS) is 10.1. The quantitative estimate of drug-likeness (QED) is 0.884. The molecule has 0 saturated heterocycles. The van der Waals surface area contributed by atoms with Crippen LogP contribution in [0.5, 0.6) is 11.5 Å². The van der Waals surface area contributed by atoms with Gasteiger partial charge in [-0.15, -0.1) is 0 Å². The summed E-state index contributed by atoms with van der Waals surface area (Å²) in [6, 6.07) is 12.5. The number of hydrogen-bond donors (Lipinski definition) is 1. The number of halogens is 2. The molecule has 0 aliphatic heterocycles. The maximum Gasteiger partial charge on any atom is 0.253 e. The molecule has 3 nitrogen and oxygen atoms in total. The molecule has 2 rings (SSSR count). The topological polar surface area (TPSA) is 52.3 Å². The molecule has 0 aromatic heterocycles. The molecule has 18 heavy (non-hydrogen) atoms. The van der Waals surface area contributed by atoms with Gasteiger partial charge < -0.3 is 10.5 Å². The molecule has 5 heteroatoms. The third kappa shape index (κ3) is 2.91. The fourth-order valence-electron chi connectivity index (χ4n) is 1.46. The van der Waals surface area contributed by atoms with Gasteiger partial charge in [-0.1, -0.05) is 22.0 Å². The summed E-state index contributed by atoms with van der Waals surface area (Å²) in [6.45, 7) is 0. The third-order valence-corrected chi connectivity index (χ3v) is 3.45. The molecule has 0 bridgehead atoms. The van der Waals surface area contributed by atoms with Gasteiger partial charge >= 0.3 is 0 Å². The van der Waals surface area contributed by atoms with Crippen LogP contribution in [0.1, 0.15) is 10.4 Å². The van der Waals surface area contributed by atoms with Crippen molar-refractivity contribution in [1.82, 2.24) is 0 Å². The van der Waals surface area contributed by atoms with Crippen molar-refractivity contribution in [2.24, 2.45) is 5.73 Å². The van der Waals surface area contributed by atoms with Crippen molar-refractivity contribution in [2.75, 3.05) is 0 Å². The van der Waals surface area contributed by atoms with Crippen molar-refractivity contribution >= 4 is 37.8 Å². The van der Waals surface area contributed by atoms with E-state index >= 15 is 0 Å². The molecule has 2 N–H and O–H groups in total. The van der Waals surface area contributed by atoms with Crippen LogP contribution in [0.3, 0.4) is 0 Å². The second-order valence-corrected chi connectivity index (χ2v) is 5.30. The Morgan fingerprint density at radius 2 is 1.72 bits per heavy atom. The van der Waals surface area contributed by atoms with Crippen LogP contribution in [0.2, 0.25) is 0 Å². The number of ether oxygens (including phenoxy) is 1. The lowest BCUT2D eigenvalue weighted by Crippen LogP contribution is -2.13. The lowest BCUT2D eigenvalue weighted by atomic mass is 10.2. The molecule has 0 unspecified atom stereocenters. The summed E-state index contributed by atoms with van der Waals surface area (Å²) in [4.78, 5) is 11.4. The van der Waals surface area contributed by atoms with E-state index in [4.69, 9.17) is 10.5 Å². The summed E-state index contributed by atoms with van der Waals surface area (Å²) in [6.07, 6.45) is 0. The van der Waals surface area contributed by atoms with Crippen LogP contribution < -0.4 is 10.5 Å². The number of primary amides is 1. The Morgan fingerprint density at radius 1 is 1.06 bits per heavy atom. The van der Waals surface area contributed by atoms with E-state index in [1.807, 2.05) is 12.1 Å². The van der Waals surface area contributed by atoms with Crippen molar-refractivity contribution in [2.45, 2.75) is 0 Å². The van der Waals surface area contributed by atoms with Gasteiger partial charge in [-0.05, 0) is 52.3 Å². The van der Waals surface area contributed by atoms with Crippen LogP contribution in [0, 0.1) is 0 Å². The van der Waals surface area contributed by atoms with Gasteiger partial charge in [0.25, 0.3) is 5.91 Å². The van der Waals surface area contributed by atoms with E-state index in [1.54, 1.807) is 30.3 Å². The lowest BCUT2D eigenvalue weighted by Gasteiger charge is -2.10. The fourth-order valence-corrected chi connectivity index (χ4v) is 2.27. The van der Waals surface area contributed by atoms with Gasteiger partial charge in [-0.2, -0.15) is 0 Å². The zero-order valence-corrected chi connectivity index (χ0v) is 12.4.